The molecule has 0 saturated heterocycles. The quantitative estimate of drug-likeness (QED) is 0.571. The number of benzene rings is 1. The number of amides is 1. The van der Waals surface area contributed by atoms with E-state index in [9.17, 15) is 14.3 Å². The van der Waals surface area contributed by atoms with Gasteiger partial charge in [0.05, 0.1) is 18.2 Å². The van der Waals surface area contributed by atoms with E-state index in [1.165, 1.54) is 12.4 Å². The molecule has 30 heavy (non-hydrogen) atoms. The van der Waals surface area contributed by atoms with Gasteiger partial charge in [-0.2, -0.15) is 0 Å². The molecule has 0 saturated carbocycles. The van der Waals surface area contributed by atoms with Gasteiger partial charge in [-0.3, -0.25) is 4.79 Å². The summed E-state index contributed by atoms with van der Waals surface area (Å²) >= 11 is 0. The van der Waals surface area contributed by atoms with Crippen LogP contribution in [0.1, 0.15) is 34.5 Å². The number of carbonyl (C=O) groups is 1. The van der Waals surface area contributed by atoms with Crippen LogP contribution in [0.3, 0.4) is 0 Å². The third kappa shape index (κ3) is 4.33. The Morgan fingerprint density at radius 1 is 1.37 bits per heavy atom. The maximum atomic E-state index is 14.5. The van der Waals surface area contributed by atoms with Crippen LogP contribution < -0.4 is 10.6 Å². The summed E-state index contributed by atoms with van der Waals surface area (Å²) in [5.41, 5.74) is 2.32. The van der Waals surface area contributed by atoms with E-state index < -0.39 is 11.7 Å². The van der Waals surface area contributed by atoms with Crippen LogP contribution in [0.5, 0.6) is 0 Å². The molecule has 1 aliphatic rings. The van der Waals surface area contributed by atoms with Gasteiger partial charge in [0.1, 0.15) is 23.7 Å². The summed E-state index contributed by atoms with van der Waals surface area (Å²) in [7, 11) is 0. The highest BCUT2D eigenvalue weighted by atomic mass is 35.5. The molecule has 0 fully saturated rings. The van der Waals surface area contributed by atoms with E-state index in [2.05, 4.69) is 25.8 Å². The van der Waals surface area contributed by atoms with Crippen molar-refractivity contribution in [2.45, 2.75) is 25.9 Å². The highest BCUT2D eigenvalue weighted by Gasteiger charge is 2.19. The van der Waals surface area contributed by atoms with E-state index >= 15 is 0 Å². The monoisotopic (exact) mass is 432 g/mol. The number of aromatic nitrogens is 4. The summed E-state index contributed by atoms with van der Waals surface area (Å²) in [4.78, 5) is 17.1. The molecule has 2 aromatic heterocycles. The predicted molar refractivity (Wildman–Crippen MR) is 112 cm³/mol. The topological polar surface area (TPSA) is 105 Å². The Morgan fingerprint density at radius 3 is 3.00 bits per heavy atom. The molecule has 8 nitrogen and oxygen atoms in total. The maximum absolute atomic E-state index is 14.5. The number of aliphatic hydroxyl groups excluding tert-OH is 1. The third-order valence-corrected chi connectivity index (χ3v) is 4.95. The fourth-order valence-electron chi connectivity index (χ4n) is 3.33. The molecule has 0 radical (unpaired) electrons. The molecule has 1 atom stereocenters. The van der Waals surface area contributed by atoms with Crippen LogP contribution in [0, 0.1) is 5.82 Å². The zero-order valence-electron chi connectivity index (χ0n) is 16.3. The van der Waals surface area contributed by atoms with Gasteiger partial charge in [0.2, 0.25) is 0 Å². The van der Waals surface area contributed by atoms with Crippen LogP contribution in [-0.2, 0) is 13.0 Å². The number of halogens is 2. The van der Waals surface area contributed by atoms with E-state index in [0.29, 0.717) is 18.1 Å². The van der Waals surface area contributed by atoms with E-state index in [0.717, 1.165) is 24.1 Å². The molecule has 1 amide bonds. The Kier molecular flexibility index (Phi) is 6.76. The molecule has 10 heteroatoms. The largest absolute Gasteiger partial charge is 0.394 e. The highest BCUT2D eigenvalue weighted by molar-refractivity contribution is 6.04. The number of rotatable bonds is 5. The van der Waals surface area contributed by atoms with Crippen molar-refractivity contribution in [3.8, 4) is 11.5 Å². The summed E-state index contributed by atoms with van der Waals surface area (Å²) in [5.74, 6) is -0.371. The number of aliphatic hydroxyl groups is 1. The van der Waals surface area contributed by atoms with Crippen LogP contribution in [0.4, 0.5) is 10.2 Å². The fourth-order valence-corrected chi connectivity index (χ4v) is 3.33. The number of fused-ring (bicyclic) bond motifs is 1. The number of anilines is 1. The second-order valence-electron chi connectivity index (χ2n) is 6.98. The van der Waals surface area contributed by atoms with Gasteiger partial charge in [-0.05, 0) is 55.3 Å². The summed E-state index contributed by atoms with van der Waals surface area (Å²) in [6.45, 7) is 3.16. The van der Waals surface area contributed by atoms with E-state index in [1.54, 1.807) is 28.8 Å². The molecule has 1 aliphatic heterocycles. The molecule has 1 aromatic carbocycles. The zero-order chi connectivity index (χ0) is 20.4. The van der Waals surface area contributed by atoms with Crippen LogP contribution in [0.15, 0.2) is 36.7 Å². The SMILES string of the molecule is CC(CO)n1cnnc1-c1cccc(NC(=O)c2cc3c(cc2F)CCNC3)n1.Cl. The Bertz CT molecular complexity index is 1060. The van der Waals surface area contributed by atoms with Gasteiger partial charge in [-0.15, -0.1) is 22.6 Å². The number of carbonyl (C=O) groups excluding carboxylic acids is 1. The molecule has 0 spiro atoms. The molecule has 158 valence electrons. The second-order valence-corrected chi connectivity index (χ2v) is 6.98. The normalized spacial score (nSPS) is 13.8. The molecule has 3 heterocycles. The van der Waals surface area contributed by atoms with Gasteiger partial charge in [-0.25, -0.2) is 9.37 Å². The van der Waals surface area contributed by atoms with E-state index in [1.807, 2.05) is 6.92 Å². The van der Waals surface area contributed by atoms with Gasteiger partial charge in [0.15, 0.2) is 5.82 Å². The molecule has 3 N–H and O–H groups in total. The summed E-state index contributed by atoms with van der Waals surface area (Å²) in [6, 6.07) is 7.87. The van der Waals surface area contributed by atoms with Crippen molar-refractivity contribution in [1.29, 1.82) is 0 Å². The Morgan fingerprint density at radius 2 is 2.20 bits per heavy atom. The molecule has 0 bridgehead atoms. The van der Waals surface area contributed by atoms with Gasteiger partial charge in [0.25, 0.3) is 5.91 Å². The standard InChI is InChI=1S/C20H21FN6O2.ClH/c1-12(10-28)27-11-23-26-19(27)17-3-2-4-18(24-17)25-20(29)15-7-14-9-22-6-5-13(14)8-16(15)21;/h2-4,7-8,11-12,22,28H,5-6,9-10H2,1H3,(H,24,25,29);1H. The highest BCUT2D eigenvalue weighted by Crippen LogP contribution is 2.22. The first-order valence-corrected chi connectivity index (χ1v) is 9.38. The van der Waals surface area contributed by atoms with Gasteiger partial charge in [-0.1, -0.05) is 6.07 Å². The fraction of sp³-hybridized carbons (Fsp3) is 0.300. The smallest absolute Gasteiger partial charge is 0.259 e. The van der Waals surface area contributed by atoms with Crippen molar-refractivity contribution >= 4 is 24.1 Å². The summed E-state index contributed by atoms with van der Waals surface area (Å²) in [5, 5.41) is 23.2. The van der Waals surface area contributed by atoms with Crippen molar-refractivity contribution < 1.29 is 14.3 Å². The lowest BCUT2D eigenvalue weighted by atomic mass is 9.98. The van der Waals surface area contributed by atoms with Crippen molar-refractivity contribution in [3.63, 3.8) is 0 Å². The average Bonchev–Trinajstić information content (AvgIpc) is 3.23. The number of pyridine rings is 1. The maximum Gasteiger partial charge on any atom is 0.259 e. The van der Waals surface area contributed by atoms with Crippen LogP contribution >= 0.6 is 12.4 Å². The van der Waals surface area contributed by atoms with Crippen molar-refractivity contribution in [2.24, 2.45) is 0 Å². The molecule has 0 aliphatic carbocycles. The van der Waals surface area contributed by atoms with Crippen LogP contribution in [0.25, 0.3) is 11.5 Å². The molecular weight excluding hydrogens is 411 g/mol. The molecule has 4 rings (SSSR count). The average molecular weight is 433 g/mol. The van der Waals surface area contributed by atoms with E-state index in [-0.39, 0.29) is 36.4 Å². The first-order valence-electron chi connectivity index (χ1n) is 9.38. The number of nitrogens with one attached hydrogen (secondary N) is 2. The predicted octanol–water partition coefficient (Wildman–Crippen LogP) is 2.35. The minimum Gasteiger partial charge on any atom is -0.394 e. The van der Waals surface area contributed by atoms with Gasteiger partial charge >= 0.3 is 0 Å². The molecule has 3 aromatic rings. The number of nitrogens with zero attached hydrogens (tertiary/aromatic N) is 4. The lowest BCUT2D eigenvalue weighted by Gasteiger charge is -2.18. The van der Waals surface area contributed by atoms with Crippen molar-refractivity contribution in [1.82, 2.24) is 25.1 Å². The first kappa shape index (κ1) is 21.8. The Labute approximate surface area is 179 Å². The minimum atomic E-state index is -0.564. The minimum absolute atomic E-state index is 0. The first-order chi connectivity index (χ1) is 14.1. The number of hydrogen-bond donors (Lipinski definition) is 3. The van der Waals surface area contributed by atoms with Crippen LogP contribution in [0.2, 0.25) is 0 Å². The second kappa shape index (κ2) is 9.29. The number of hydrogen-bond acceptors (Lipinski definition) is 6. The van der Waals surface area contributed by atoms with Gasteiger partial charge < -0.3 is 20.3 Å². The molecular formula is C20H22ClFN6O2. The lowest BCUT2D eigenvalue weighted by Crippen LogP contribution is -2.25. The van der Waals surface area contributed by atoms with Gasteiger partial charge in [0, 0.05) is 6.54 Å². The Hall–Kier alpha value is -2.88. The summed E-state index contributed by atoms with van der Waals surface area (Å²) < 4.78 is 16.2. The van der Waals surface area contributed by atoms with Crippen LogP contribution in [-0.4, -0.2) is 43.9 Å². The summed E-state index contributed by atoms with van der Waals surface area (Å²) in [6.07, 6.45) is 2.25. The van der Waals surface area contributed by atoms with E-state index in [4.69, 9.17) is 0 Å². The lowest BCUT2D eigenvalue weighted by molar-refractivity contribution is 0.102. The van der Waals surface area contributed by atoms with Crippen molar-refractivity contribution in [3.05, 3.63) is 59.2 Å². The Balaban J connectivity index is 0.00000256. The zero-order valence-corrected chi connectivity index (χ0v) is 17.1. The molecule has 1 unspecified atom stereocenters. The third-order valence-electron chi connectivity index (χ3n) is 4.95. The van der Waals surface area contributed by atoms with Crippen molar-refractivity contribution in [2.75, 3.05) is 18.5 Å².